The minimum absolute atomic E-state index is 0.145. The maximum absolute atomic E-state index is 12.5. The Morgan fingerprint density at radius 2 is 2.04 bits per heavy atom. The Morgan fingerprint density at radius 1 is 1.29 bits per heavy atom. The van der Waals surface area contributed by atoms with Crippen molar-refractivity contribution < 1.29 is 9.59 Å². The fraction of sp³-hybridized carbons (Fsp3) is 0.550. The molecular formula is C20H28N4O2S2. The highest BCUT2D eigenvalue weighted by molar-refractivity contribution is 7.14. The number of hydrogen-bond donors (Lipinski definition) is 2. The quantitative estimate of drug-likeness (QED) is 0.713. The summed E-state index contributed by atoms with van der Waals surface area (Å²) in [7, 11) is 0. The first-order valence-electron chi connectivity index (χ1n) is 9.66. The van der Waals surface area contributed by atoms with Gasteiger partial charge in [0.2, 0.25) is 11.8 Å². The Morgan fingerprint density at radius 3 is 2.68 bits per heavy atom. The van der Waals surface area contributed by atoms with E-state index >= 15 is 0 Å². The van der Waals surface area contributed by atoms with E-state index in [-0.39, 0.29) is 24.3 Å². The Balaban J connectivity index is 1.55. The molecule has 0 spiro atoms. The van der Waals surface area contributed by atoms with Gasteiger partial charge in [0.25, 0.3) is 0 Å². The highest BCUT2D eigenvalue weighted by Crippen LogP contribution is 2.25. The van der Waals surface area contributed by atoms with E-state index in [1.54, 1.807) is 0 Å². The van der Waals surface area contributed by atoms with Crippen molar-refractivity contribution >= 4 is 39.6 Å². The predicted octanol–water partition coefficient (Wildman–Crippen LogP) is 3.89. The van der Waals surface area contributed by atoms with Crippen LogP contribution in [0.3, 0.4) is 0 Å². The zero-order valence-electron chi connectivity index (χ0n) is 16.6. The summed E-state index contributed by atoms with van der Waals surface area (Å²) in [6.07, 6.45) is 1.48. The van der Waals surface area contributed by atoms with E-state index in [0.717, 1.165) is 30.2 Å². The van der Waals surface area contributed by atoms with Gasteiger partial charge in [0.1, 0.15) is 0 Å². The molecule has 3 atom stereocenters. The van der Waals surface area contributed by atoms with Gasteiger partial charge in [-0.3, -0.25) is 14.5 Å². The van der Waals surface area contributed by atoms with Gasteiger partial charge in [-0.2, -0.15) is 0 Å². The van der Waals surface area contributed by atoms with Gasteiger partial charge in [0.15, 0.2) is 5.13 Å². The van der Waals surface area contributed by atoms with Crippen molar-refractivity contribution in [3.8, 4) is 0 Å². The van der Waals surface area contributed by atoms with Gasteiger partial charge in [0.05, 0.1) is 18.2 Å². The molecule has 1 aliphatic heterocycles. The van der Waals surface area contributed by atoms with Crippen LogP contribution < -0.4 is 10.6 Å². The first kappa shape index (κ1) is 21.0. The van der Waals surface area contributed by atoms with Crippen LogP contribution in [0.2, 0.25) is 0 Å². The molecular weight excluding hydrogens is 392 g/mol. The number of aromatic nitrogens is 1. The minimum atomic E-state index is -0.312. The molecule has 6 nitrogen and oxygen atoms in total. The average Bonchev–Trinajstić information content (AvgIpc) is 3.25. The number of thiazole rings is 1. The lowest BCUT2D eigenvalue weighted by Crippen LogP contribution is -2.38. The number of hydrogen-bond acceptors (Lipinski definition) is 6. The molecule has 0 bridgehead atoms. The minimum Gasteiger partial charge on any atom is -0.348 e. The van der Waals surface area contributed by atoms with Crippen LogP contribution in [0, 0.1) is 11.8 Å². The monoisotopic (exact) mass is 420 g/mol. The third-order valence-corrected chi connectivity index (χ3v) is 6.57. The fourth-order valence-electron chi connectivity index (χ4n) is 3.90. The topological polar surface area (TPSA) is 74.3 Å². The molecule has 2 amide bonds. The Hall–Kier alpha value is -1.77. The maximum Gasteiger partial charge on any atom is 0.228 e. The van der Waals surface area contributed by atoms with E-state index in [1.807, 2.05) is 22.9 Å². The zero-order valence-corrected chi connectivity index (χ0v) is 18.2. The van der Waals surface area contributed by atoms with Gasteiger partial charge in [-0.1, -0.05) is 19.9 Å². The van der Waals surface area contributed by atoms with E-state index < -0.39 is 0 Å². The van der Waals surface area contributed by atoms with Crippen molar-refractivity contribution in [3.63, 3.8) is 0 Å². The molecule has 3 unspecified atom stereocenters. The molecule has 1 aliphatic rings. The van der Waals surface area contributed by atoms with Crippen molar-refractivity contribution in [1.82, 2.24) is 15.2 Å². The molecule has 2 aromatic heterocycles. The molecule has 1 fully saturated rings. The van der Waals surface area contributed by atoms with Crippen LogP contribution >= 0.6 is 22.7 Å². The van der Waals surface area contributed by atoms with Gasteiger partial charge in [-0.25, -0.2) is 4.98 Å². The standard InChI is InChI=1S/C20H28N4O2S2/c1-13-7-14(2)10-24(9-13)11-16-12-28-20(22-16)23-19(26)8-17(21-15(3)25)18-5-4-6-27-18/h4-6,12-14,17H,7-11H2,1-3H3,(H,21,25)(H,22,23,26). The molecule has 0 saturated carbocycles. The highest BCUT2D eigenvalue weighted by Gasteiger charge is 2.23. The van der Waals surface area contributed by atoms with Crippen molar-refractivity contribution in [2.45, 2.75) is 46.2 Å². The van der Waals surface area contributed by atoms with Gasteiger partial charge in [-0.15, -0.1) is 22.7 Å². The van der Waals surface area contributed by atoms with Gasteiger partial charge in [-0.05, 0) is 29.7 Å². The van der Waals surface area contributed by atoms with Crippen LogP contribution in [-0.2, 0) is 16.1 Å². The highest BCUT2D eigenvalue weighted by atomic mass is 32.1. The lowest BCUT2D eigenvalue weighted by atomic mass is 9.92. The van der Waals surface area contributed by atoms with Crippen LogP contribution in [0.5, 0.6) is 0 Å². The molecule has 0 aromatic carbocycles. The lowest BCUT2D eigenvalue weighted by molar-refractivity contribution is -0.120. The second kappa shape index (κ2) is 9.62. The van der Waals surface area contributed by atoms with Gasteiger partial charge >= 0.3 is 0 Å². The zero-order chi connectivity index (χ0) is 20.1. The number of likely N-dealkylation sites (tertiary alicyclic amines) is 1. The summed E-state index contributed by atoms with van der Waals surface area (Å²) >= 11 is 2.98. The van der Waals surface area contributed by atoms with Crippen molar-refractivity contribution in [1.29, 1.82) is 0 Å². The van der Waals surface area contributed by atoms with Crippen LogP contribution in [-0.4, -0.2) is 34.8 Å². The van der Waals surface area contributed by atoms with E-state index in [9.17, 15) is 9.59 Å². The first-order valence-corrected chi connectivity index (χ1v) is 11.4. The first-order chi connectivity index (χ1) is 13.4. The fourth-order valence-corrected chi connectivity index (χ4v) is 5.40. The molecule has 0 radical (unpaired) electrons. The number of anilines is 1. The summed E-state index contributed by atoms with van der Waals surface area (Å²) in [6.45, 7) is 9.09. The summed E-state index contributed by atoms with van der Waals surface area (Å²) < 4.78 is 0. The molecule has 3 heterocycles. The number of carbonyl (C=O) groups is 2. The number of piperidine rings is 1. The largest absolute Gasteiger partial charge is 0.348 e. The molecule has 3 rings (SSSR count). The number of nitrogens with one attached hydrogen (secondary N) is 2. The number of rotatable bonds is 7. The SMILES string of the molecule is CC(=O)NC(CC(=O)Nc1nc(CN2CC(C)CC(C)C2)cs1)c1cccs1. The average molecular weight is 421 g/mol. The van der Waals surface area contributed by atoms with E-state index in [2.05, 4.69) is 34.4 Å². The lowest BCUT2D eigenvalue weighted by Gasteiger charge is -2.34. The van der Waals surface area contributed by atoms with Gasteiger partial charge < -0.3 is 10.6 Å². The van der Waals surface area contributed by atoms with Crippen LogP contribution in [0.4, 0.5) is 5.13 Å². The molecule has 8 heteroatoms. The van der Waals surface area contributed by atoms with Crippen molar-refractivity contribution in [2.24, 2.45) is 11.8 Å². The number of amides is 2. The molecule has 152 valence electrons. The Kier molecular flexibility index (Phi) is 7.20. The molecule has 28 heavy (non-hydrogen) atoms. The summed E-state index contributed by atoms with van der Waals surface area (Å²) in [4.78, 5) is 32.0. The summed E-state index contributed by atoms with van der Waals surface area (Å²) in [5.74, 6) is 1.13. The molecule has 2 N–H and O–H groups in total. The third kappa shape index (κ3) is 6.12. The van der Waals surface area contributed by atoms with Crippen molar-refractivity contribution in [2.75, 3.05) is 18.4 Å². The summed E-state index contributed by atoms with van der Waals surface area (Å²) in [6, 6.07) is 3.54. The van der Waals surface area contributed by atoms with E-state index in [1.165, 1.54) is 36.0 Å². The summed E-state index contributed by atoms with van der Waals surface area (Å²) in [5.41, 5.74) is 0.998. The molecule has 0 aliphatic carbocycles. The van der Waals surface area contributed by atoms with Crippen LogP contribution in [0.1, 0.15) is 50.2 Å². The normalized spacial score (nSPS) is 21.2. The maximum atomic E-state index is 12.5. The molecule has 1 saturated heterocycles. The number of thiophene rings is 1. The summed E-state index contributed by atoms with van der Waals surface area (Å²) in [5, 5.41) is 10.3. The third-order valence-electron chi connectivity index (χ3n) is 4.78. The Labute approximate surface area is 174 Å². The van der Waals surface area contributed by atoms with Crippen LogP contribution in [0.25, 0.3) is 0 Å². The second-order valence-electron chi connectivity index (χ2n) is 7.80. The van der Waals surface area contributed by atoms with Crippen molar-refractivity contribution in [3.05, 3.63) is 33.5 Å². The second-order valence-corrected chi connectivity index (χ2v) is 9.64. The van der Waals surface area contributed by atoms with Crippen LogP contribution in [0.15, 0.2) is 22.9 Å². The number of nitrogens with zero attached hydrogens (tertiary/aromatic N) is 2. The Bertz CT molecular complexity index is 780. The van der Waals surface area contributed by atoms with E-state index in [0.29, 0.717) is 17.0 Å². The van der Waals surface area contributed by atoms with E-state index in [4.69, 9.17) is 0 Å². The predicted molar refractivity (Wildman–Crippen MR) is 114 cm³/mol. The van der Waals surface area contributed by atoms with Gasteiger partial charge in [0, 0.05) is 36.8 Å². The molecule has 2 aromatic rings. The number of carbonyl (C=O) groups excluding carboxylic acids is 2. The smallest absolute Gasteiger partial charge is 0.228 e.